The number of carbonyl (C=O) groups excluding carboxylic acids is 1. The predicted octanol–water partition coefficient (Wildman–Crippen LogP) is 2.14. The topological polar surface area (TPSA) is 75.4 Å². The minimum absolute atomic E-state index is 0.0609. The zero-order chi connectivity index (χ0) is 17.2. The van der Waals surface area contributed by atoms with E-state index in [-0.39, 0.29) is 5.91 Å². The minimum atomic E-state index is -0.0609. The van der Waals surface area contributed by atoms with Gasteiger partial charge >= 0.3 is 0 Å². The molecule has 1 saturated heterocycles. The van der Waals surface area contributed by atoms with Gasteiger partial charge in [0.2, 0.25) is 0 Å². The molecule has 0 aliphatic carbocycles. The van der Waals surface area contributed by atoms with Crippen molar-refractivity contribution < 1.29 is 9.21 Å². The van der Waals surface area contributed by atoms with Crippen LogP contribution in [-0.4, -0.2) is 52.2 Å². The molecule has 1 amide bonds. The van der Waals surface area contributed by atoms with Crippen LogP contribution in [0.4, 0.5) is 5.82 Å². The predicted molar refractivity (Wildman–Crippen MR) is 93.5 cm³/mol. The maximum absolute atomic E-state index is 12.7. The zero-order valence-electron chi connectivity index (χ0n) is 14.1. The Labute approximate surface area is 145 Å². The quantitative estimate of drug-likeness (QED) is 0.729. The van der Waals surface area contributed by atoms with Crippen molar-refractivity contribution in [1.29, 1.82) is 0 Å². The number of amides is 1. The first kappa shape index (κ1) is 15.6. The maximum atomic E-state index is 12.7. The van der Waals surface area contributed by atoms with Gasteiger partial charge < -0.3 is 14.2 Å². The largest absolute Gasteiger partial charge is 0.448 e. The van der Waals surface area contributed by atoms with Crippen LogP contribution in [-0.2, 0) is 6.42 Å². The Hall–Kier alpha value is -2.96. The average Bonchev–Trinajstić information content (AvgIpc) is 3.16. The van der Waals surface area contributed by atoms with Gasteiger partial charge in [0, 0.05) is 43.4 Å². The highest BCUT2D eigenvalue weighted by Crippen LogP contribution is 2.24. The number of aromatic nitrogens is 3. The van der Waals surface area contributed by atoms with E-state index in [1.165, 1.54) is 6.39 Å². The third-order valence-electron chi connectivity index (χ3n) is 4.58. The molecule has 0 bridgehead atoms. The molecule has 1 aliphatic heterocycles. The second-order valence-corrected chi connectivity index (χ2v) is 6.01. The summed E-state index contributed by atoms with van der Waals surface area (Å²) in [5, 5.41) is 10.6. The summed E-state index contributed by atoms with van der Waals surface area (Å²) in [5.74, 6) is 1.46. The number of benzene rings is 1. The van der Waals surface area contributed by atoms with Crippen molar-refractivity contribution >= 4 is 22.5 Å². The number of anilines is 1. The molecule has 1 aliphatic rings. The molecule has 128 valence electrons. The van der Waals surface area contributed by atoms with Gasteiger partial charge in [0.15, 0.2) is 17.9 Å². The van der Waals surface area contributed by atoms with Crippen LogP contribution in [0.2, 0.25) is 0 Å². The summed E-state index contributed by atoms with van der Waals surface area (Å²) >= 11 is 0. The van der Waals surface area contributed by atoms with Crippen molar-refractivity contribution in [3.8, 4) is 0 Å². The van der Waals surface area contributed by atoms with E-state index in [0.717, 1.165) is 16.6 Å². The van der Waals surface area contributed by atoms with E-state index in [4.69, 9.17) is 4.42 Å². The monoisotopic (exact) mass is 337 g/mol. The number of hydrogen-bond acceptors (Lipinski definition) is 6. The summed E-state index contributed by atoms with van der Waals surface area (Å²) in [7, 11) is 0. The molecule has 1 aromatic carbocycles. The second-order valence-electron chi connectivity index (χ2n) is 6.01. The van der Waals surface area contributed by atoms with Crippen LogP contribution in [0, 0.1) is 0 Å². The van der Waals surface area contributed by atoms with Crippen molar-refractivity contribution in [1.82, 2.24) is 20.1 Å². The molecule has 25 heavy (non-hydrogen) atoms. The molecular weight excluding hydrogens is 318 g/mol. The third-order valence-corrected chi connectivity index (χ3v) is 4.58. The molecule has 7 heteroatoms. The molecule has 0 unspecified atom stereocenters. The van der Waals surface area contributed by atoms with Gasteiger partial charge in [0.25, 0.3) is 5.91 Å². The normalized spacial score (nSPS) is 14.9. The lowest BCUT2D eigenvalue weighted by molar-refractivity contribution is 0.0739. The molecule has 7 nitrogen and oxygen atoms in total. The first-order valence-corrected chi connectivity index (χ1v) is 8.45. The Morgan fingerprint density at radius 1 is 1.20 bits per heavy atom. The van der Waals surface area contributed by atoms with E-state index in [2.05, 4.69) is 26.1 Å². The Morgan fingerprint density at radius 3 is 2.80 bits per heavy atom. The third kappa shape index (κ3) is 2.82. The molecule has 0 spiro atoms. The van der Waals surface area contributed by atoms with E-state index in [1.807, 2.05) is 30.0 Å². The highest BCUT2D eigenvalue weighted by molar-refractivity contribution is 5.94. The standard InChI is InChI=1S/C18H19N5O2/c1-2-15-16(19-12-25-15)18(24)23-9-7-22(8-10-23)17-14-6-4-3-5-13(14)11-20-21-17/h3-6,11-12H,2,7-10H2,1H3. The van der Waals surface area contributed by atoms with Crippen LogP contribution in [0.15, 0.2) is 41.3 Å². The summed E-state index contributed by atoms with van der Waals surface area (Å²) in [6, 6.07) is 8.09. The molecule has 0 atom stereocenters. The fourth-order valence-corrected chi connectivity index (χ4v) is 3.21. The molecule has 3 aromatic rings. The van der Waals surface area contributed by atoms with E-state index >= 15 is 0 Å². The van der Waals surface area contributed by atoms with Crippen LogP contribution in [0.25, 0.3) is 10.8 Å². The van der Waals surface area contributed by atoms with Crippen molar-refractivity contribution in [2.45, 2.75) is 13.3 Å². The summed E-state index contributed by atoms with van der Waals surface area (Å²) in [5.41, 5.74) is 0.431. The van der Waals surface area contributed by atoms with Crippen molar-refractivity contribution in [2.24, 2.45) is 0 Å². The Morgan fingerprint density at radius 2 is 2.00 bits per heavy atom. The summed E-state index contributed by atoms with van der Waals surface area (Å²) in [4.78, 5) is 20.7. The van der Waals surface area contributed by atoms with Gasteiger partial charge in [-0.25, -0.2) is 4.98 Å². The number of fused-ring (bicyclic) bond motifs is 1. The van der Waals surface area contributed by atoms with E-state index < -0.39 is 0 Å². The Kier molecular flexibility index (Phi) is 4.05. The lowest BCUT2D eigenvalue weighted by Gasteiger charge is -2.35. The molecule has 4 rings (SSSR count). The van der Waals surface area contributed by atoms with Gasteiger partial charge in [-0.1, -0.05) is 31.2 Å². The number of nitrogens with zero attached hydrogens (tertiary/aromatic N) is 5. The van der Waals surface area contributed by atoms with Crippen molar-refractivity contribution in [2.75, 3.05) is 31.1 Å². The van der Waals surface area contributed by atoms with Gasteiger partial charge in [-0.15, -0.1) is 5.10 Å². The first-order valence-electron chi connectivity index (χ1n) is 8.45. The Bertz CT molecular complexity index is 894. The van der Waals surface area contributed by atoms with Crippen molar-refractivity contribution in [3.05, 3.63) is 48.3 Å². The Balaban J connectivity index is 1.51. The lowest BCUT2D eigenvalue weighted by Crippen LogP contribution is -2.49. The molecule has 0 radical (unpaired) electrons. The number of hydrogen-bond donors (Lipinski definition) is 0. The molecular formula is C18H19N5O2. The van der Waals surface area contributed by atoms with E-state index in [0.29, 0.717) is 44.1 Å². The van der Waals surface area contributed by atoms with Crippen LogP contribution in [0.3, 0.4) is 0 Å². The van der Waals surface area contributed by atoms with E-state index in [1.54, 1.807) is 6.20 Å². The number of aryl methyl sites for hydroxylation is 1. The number of piperazine rings is 1. The summed E-state index contributed by atoms with van der Waals surface area (Å²) in [6.07, 6.45) is 3.77. The van der Waals surface area contributed by atoms with Crippen LogP contribution < -0.4 is 4.90 Å². The SMILES string of the molecule is CCc1ocnc1C(=O)N1CCN(c2nncc3ccccc23)CC1. The van der Waals surface area contributed by atoms with Crippen molar-refractivity contribution in [3.63, 3.8) is 0 Å². The molecule has 2 aromatic heterocycles. The molecule has 1 fully saturated rings. The van der Waals surface area contributed by atoms with Gasteiger partial charge in [0.05, 0.1) is 6.20 Å². The van der Waals surface area contributed by atoms with Crippen LogP contribution in [0.5, 0.6) is 0 Å². The average molecular weight is 337 g/mol. The van der Waals surface area contributed by atoms with Gasteiger partial charge in [-0.3, -0.25) is 4.79 Å². The molecule has 3 heterocycles. The molecule has 0 saturated carbocycles. The fourth-order valence-electron chi connectivity index (χ4n) is 3.21. The van der Waals surface area contributed by atoms with Gasteiger partial charge in [-0.05, 0) is 0 Å². The van der Waals surface area contributed by atoms with Crippen LogP contribution in [0.1, 0.15) is 23.2 Å². The highest BCUT2D eigenvalue weighted by atomic mass is 16.3. The fraction of sp³-hybridized carbons (Fsp3) is 0.333. The van der Waals surface area contributed by atoms with E-state index in [9.17, 15) is 4.79 Å². The first-order chi connectivity index (χ1) is 12.3. The number of oxazole rings is 1. The second kappa shape index (κ2) is 6.51. The van der Waals surface area contributed by atoms with Gasteiger partial charge in [0.1, 0.15) is 5.76 Å². The maximum Gasteiger partial charge on any atom is 0.276 e. The highest BCUT2D eigenvalue weighted by Gasteiger charge is 2.27. The molecule has 0 N–H and O–H groups in total. The minimum Gasteiger partial charge on any atom is -0.448 e. The summed E-state index contributed by atoms with van der Waals surface area (Å²) in [6.45, 7) is 4.63. The summed E-state index contributed by atoms with van der Waals surface area (Å²) < 4.78 is 5.28. The smallest absolute Gasteiger partial charge is 0.276 e. The number of rotatable bonds is 3. The van der Waals surface area contributed by atoms with Gasteiger partial charge in [-0.2, -0.15) is 5.10 Å². The lowest BCUT2D eigenvalue weighted by atomic mass is 10.1. The zero-order valence-corrected chi connectivity index (χ0v) is 14.1. The number of carbonyl (C=O) groups is 1. The van der Waals surface area contributed by atoms with Crippen LogP contribution >= 0.6 is 0 Å².